The van der Waals surface area contributed by atoms with Gasteiger partial charge in [0.1, 0.15) is 0 Å². The molecule has 2 atom stereocenters. The average molecular weight is 342 g/mol. The Kier molecular flexibility index (Phi) is 5.42. The summed E-state index contributed by atoms with van der Waals surface area (Å²) in [5.74, 6) is -1.77. The van der Waals surface area contributed by atoms with Gasteiger partial charge in [-0.1, -0.05) is 49.1 Å². The highest BCUT2D eigenvalue weighted by molar-refractivity contribution is 5.92. The molecule has 7 nitrogen and oxygen atoms in total. The molecule has 1 heterocycles. The van der Waals surface area contributed by atoms with E-state index in [0.29, 0.717) is 12.8 Å². The van der Waals surface area contributed by atoms with Crippen molar-refractivity contribution in [2.24, 2.45) is 5.92 Å². The van der Waals surface area contributed by atoms with Gasteiger partial charge in [-0.3, -0.25) is 9.59 Å². The molecule has 25 heavy (non-hydrogen) atoms. The summed E-state index contributed by atoms with van der Waals surface area (Å²) >= 11 is 0. The first-order valence-corrected chi connectivity index (χ1v) is 8.66. The molecule has 1 amide bonds. The van der Waals surface area contributed by atoms with Crippen LogP contribution in [0.5, 0.6) is 0 Å². The monoisotopic (exact) mass is 342 g/mol. The van der Waals surface area contributed by atoms with E-state index in [9.17, 15) is 14.7 Å². The average Bonchev–Trinajstić information content (AvgIpc) is 3.08. The number of rotatable bonds is 4. The van der Waals surface area contributed by atoms with Crippen LogP contribution in [0.4, 0.5) is 0 Å². The lowest BCUT2D eigenvalue weighted by Crippen LogP contribution is -2.44. The van der Waals surface area contributed by atoms with Gasteiger partial charge in [-0.2, -0.15) is 0 Å². The molecule has 3 rings (SSSR count). The number of nitrogens with zero attached hydrogens (tertiary/aromatic N) is 3. The third kappa shape index (κ3) is 4.23. The van der Waals surface area contributed by atoms with Crippen LogP contribution in [0.15, 0.2) is 36.5 Å². The van der Waals surface area contributed by atoms with Crippen molar-refractivity contribution in [2.75, 3.05) is 0 Å². The first-order chi connectivity index (χ1) is 12.1. The fourth-order valence-electron chi connectivity index (χ4n) is 3.27. The SMILES string of the molecule is O=C(NC1CCCCCCC1C(=O)O)c1cn(-c2ccccc2)nn1. The fraction of sp³-hybridized carbons (Fsp3) is 0.444. The molecule has 0 bridgehead atoms. The highest BCUT2D eigenvalue weighted by Gasteiger charge is 2.30. The van der Waals surface area contributed by atoms with E-state index >= 15 is 0 Å². The predicted molar refractivity (Wildman–Crippen MR) is 91.4 cm³/mol. The van der Waals surface area contributed by atoms with Gasteiger partial charge >= 0.3 is 5.97 Å². The third-order valence-electron chi connectivity index (χ3n) is 4.65. The van der Waals surface area contributed by atoms with Crippen molar-refractivity contribution < 1.29 is 14.7 Å². The standard InChI is InChI=1S/C18H22N4O3/c23-17(16-12-22(21-20-16)13-8-4-3-5-9-13)19-15-11-7-2-1-6-10-14(15)18(24)25/h3-5,8-9,12,14-15H,1-2,6-7,10-11H2,(H,19,23)(H,24,25). The van der Waals surface area contributed by atoms with Crippen LogP contribution in [0.2, 0.25) is 0 Å². The minimum Gasteiger partial charge on any atom is -0.481 e. The predicted octanol–water partition coefficient (Wildman–Crippen LogP) is 2.42. The molecule has 132 valence electrons. The summed E-state index contributed by atoms with van der Waals surface area (Å²) in [6, 6.07) is 9.02. The highest BCUT2D eigenvalue weighted by Crippen LogP contribution is 2.23. The smallest absolute Gasteiger partial charge is 0.308 e. The van der Waals surface area contributed by atoms with Gasteiger partial charge in [-0.15, -0.1) is 5.10 Å². The number of aromatic nitrogens is 3. The van der Waals surface area contributed by atoms with Crippen molar-refractivity contribution >= 4 is 11.9 Å². The summed E-state index contributed by atoms with van der Waals surface area (Å²) in [5.41, 5.74) is 0.999. The Morgan fingerprint density at radius 1 is 1.08 bits per heavy atom. The Morgan fingerprint density at radius 3 is 2.52 bits per heavy atom. The first-order valence-electron chi connectivity index (χ1n) is 8.66. The Labute approximate surface area is 146 Å². The van der Waals surface area contributed by atoms with Crippen LogP contribution in [-0.2, 0) is 4.79 Å². The van der Waals surface area contributed by atoms with Crippen molar-refractivity contribution in [2.45, 2.75) is 44.6 Å². The van der Waals surface area contributed by atoms with E-state index in [4.69, 9.17) is 0 Å². The summed E-state index contributed by atoms with van der Waals surface area (Å²) in [6.07, 6.45) is 6.76. The molecule has 1 aromatic heterocycles. The second kappa shape index (κ2) is 7.92. The summed E-state index contributed by atoms with van der Waals surface area (Å²) < 4.78 is 1.53. The van der Waals surface area contributed by atoms with E-state index < -0.39 is 11.9 Å². The van der Waals surface area contributed by atoms with Gasteiger partial charge in [-0.25, -0.2) is 4.68 Å². The van der Waals surface area contributed by atoms with Gasteiger partial charge in [0.25, 0.3) is 5.91 Å². The van der Waals surface area contributed by atoms with Gasteiger partial charge in [-0.05, 0) is 25.0 Å². The lowest BCUT2D eigenvalue weighted by atomic mass is 9.86. The number of aliphatic carboxylic acids is 1. The summed E-state index contributed by atoms with van der Waals surface area (Å²) in [6.45, 7) is 0. The van der Waals surface area contributed by atoms with Gasteiger partial charge < -0.3 is 10.4 Å². The molecule has 0 spiro atoms. The number of nitrogens with one attached hydrogen (secondary N) is 1. The molecular formula is C18H22N4O3. The van der Waals surface area contributed by atoms with Crippen LogP contribution in [-0.4, -0.2) is 38.0 Å². The number of amides is 1. The lowest BCUT2D eigenvalue weighted by Gasteiger charge is -2.26. The normalized spacial score (nSPS) is 21.1. The number of para-hydroxylation sites is 1. The Morgan fingerprint density at radius 2 is 1.80 bits per heavy atom. The minimum absolute atomic E-state index is 0.190. The van der Waals surface area contributed by atoms with E-state index in [-0.39, 0.29) is 17.6 Å². The van der Waals surface area contributed by atoms with Crippen molar-refractivity contribution in [3.8, 4) is 5.69 Å². The number of carbonyl (C=O) groups is 2. The van der Waals surface area contributed by atoms with E-state index in [1.54, 1.807) is 6.20 Å². The summed E-state index contributed by atoms with van der Waals surface area (Å²) in [7, 11) is 0. The quantitative estimate of drug-likeness (QED) is 0.889. The summed E-state index contributed by atoms with van der Waals surface area (Å²) in [4.78, 5) is 24.1. The minimum atomic E-state index is -0.847. The maximum absolute atomic E-state index is 12.5. The molecule has 0 radical (unpaired) electrons. The van der Waals surface area contributed by atoms with Crippen LogP contribution in [0.3, 0.4) is 0 Å². The van der Waals surface area contributed by atoms with Gasteiger partial charge in [0, 0.05) is 6.04 Å². The van der Waals surface area contributed by atoms with Crippen molar-refractivity contribution in [3.63, 3.8) is 0 Å². The Hall–Kier alpha value is -2.70. The van der Waals surface area contributed by atoms with Crippen LogP contribution in [0.25, 0.3) is 5.69 Å². The fourth-order valence-corrected chi connectivity index (χ4v) is 3.27. The molecule has 1 saturated carbocycles. The van der Waals surface area contributed by atoms with Gasteiger partial charge in [0.2, 0.25) is 0 Å². The molecule has 1 aliphatic carbocycles. The number of carboxylic acids is 1. The molecule has 0 aliphatic heterocycles. The van der Waals surface area contributed by atoms with E-state index in [1.165, 1.54) is 4.68 Å². The maximum Gasteiger partial charge on any atom is 0.308 e. The number of carboxylic acid groups (broad SMARTS) is 1. The van der Waals surface area contributed by atoms with Crippen molar-refractivity contribution in [1.82, 2.24) is 20.3 Å². The highest BCUT2D eigenvalue weighted by atomic mass is 16.4. The first kappa shape index (κ1) is 17.1. The van der Waals surface area contributed by atoms with Crippen LogP contribution in [0, 0.1) is 5.92 Å². The zero-order chi connectivity index (χ0) is 17.6. The largest absolute Gasteiger partial charge is 0.481 e. The summed E-state index contributed by atoms with van der Waals surface area (Å²) in [5, 5.41) is 20.2. The number of carbonyl (C=O) groups excluding carboxylic acids is 1. The Bertz CT molecular complexity index is 729. The molecule has 1 aromatic carbocycles. The van der Waals surface area contributed by atoms with Crippen LogP contribution >= 0.6 is 0 Å². The van der Waals surface area contributed by atoms with Crippen molar-refractivity contribution in [1.29, 1.82) is 0 Å². The second-order valence-corrected chi connectivity index (χ2v) is 6.40. The molecule has 1 fully saturated rings. The molecule has 7 heteroatoms. The van der Waals surface area contributed by atoms with Gasteiger partial charge in [0.15, 0.2) is 5.69 Å². The molecule has 0 saturated heterocycles. The molecule has 2 N–H and O–H groups in total. The molecule has 1 aliphatic rings. The van der Waals surface area contributed by atoms with E-state index in [0.717, 1.165) is 31.4 Å². The lowest BCUT2D eigenvalue weighted by molar-refractivity contribution is -0.143. The van der Waals surface area contributed by atoms with Crippen molar-refractivity contribution in [3.05, 3.63) is 42.2 Å². The number of benzene rings is 1. The molecule has 2 unspecified atom stereocenters. The van der Waals surface area contributed by atoms with Crippen LogP contribution in [0.1, 0.15) is 49.0 Å². The zero-order valence-corrected chi connectivity index (χ0v) is 14.0. The van der Waals surface area contributed by atoms with E-state index in [2.05, 4.69) is 15.6 Å². The molecule has 2 aromatic rings. The topological polar surface area (TPSA) is 97.1 Å². The molecular weight excluding hydrogens is 320 g/mol. The number of hydrogen-bond acceptors (Lipinski definition) is 4. The van der Waals surface area contributed by atoms with E-state index in [1.807, 2.05) is 30.3 Å². The second-order valence-electron chi connectivity index (χ2n) is 6.40. The zero-order valence-electron chi connectivity index (χ0n) is 14.0. The van der Waals surface area contributed by atoms with Crippen LogP contribution < -0.4 is 5.32 Å². The Balaban J connectivity index is 1.72. The van der Waals surface area contributed by atoms with Gasteiger partial charge in [0.05, 0.1) is 17.8 Å². The third-order valence-corrected chi connectivity index (χ3v) is 4.65. The number of hydrogen-bond donors (Lipinski definition) is 2. The maximum atomic E-state index is 12.5.